The molecule has 198 valence electrons. The summed E-state index contributed by atoms with van der Waals surface area (Å²) in [5.74, 6) is -2.55. The maximum atomic E-state index is 13.3. The van der Waals surface area contributed by atoms with E-state index in [-0.39, 0.29) is 22.7 Å². The van der Waals surface area contributed by atoms with Crippen LogP contribution in [0.4, 0.5) is 5.69 Å². The summed E-state index contributed by atoms with van der Waals surface area (Å²) in [7, 11) is 2.42. The minimum Gasteiger partial charge on any atom is -0.466 e. The number of nitriles is 1. The van der Waals surface area contributed by atoms with Crippen LogP contribution in [-0.2, 0) is 28.5 Å². The van der Waals surface area contributed by atoms with Crippen LogP contribution in [-0.4, -0.2) is 37.4 Å². The highest BCUT2D eigenvalue weighted by molar-refractivity contribution is 6.06. The number of rotatable bonds is 5. The molecule has 2 N–H and O–H groups in total. The second-order valence-electron chi connectivity index (χ2n) is 10.0. The Balaban J connectivity index is 1.94. The fourth-order valence-electron chi connectivity index (χ4n) is 4.57. The lowest BCUT2D eigenvalue weighted by Gasteiger charge is -2.36. The molecule has 2 heterocycles. The highest BCUT2D eigenvalue weighted by Crippen LogP contribution is 2.47. The lowest BCUT2D eigenvalue weighted by molar-refractivity contribution is -0.139. The Morgan fingerprint density at radius 2 is 1.50 bits per heavy atom. The fourth-order valence-corrected chi connectivity index (χ4v) is 4.57. The number of nitrogens with two attached hydrogens (primary N) is 1. The smallest absolute Gasteiger partial charge is 0.355 e. The van der Waals surface area contributed by atoms with Gasteiger partial charge in [0.15, 0.2) is 6.29 Å². The number of carbonyl (C=O) groups excluding carboxylic acids is 2. The molecular formula is C29H31N3O6. The molecular weight excluding hydrogens is 486 g/mol. The quantitative estimate of drug-likeness (QED) is 0.581. The van der Waals surface area contributed by atoms with Gasteiger partial charge in [-0.1, -0.05) is 42.5 Å². The predicted molar refractivity (Wildman–Crippen MR) is 139 cm³/mol. The van der Waals surface area contributed by atoms with Crippen LogP contribution in [0.15, 0.2) is 77.3 Å². The van der Waals surface area contributed by atoms with E-state index in [1.165, 1.54) is 19.1 Å². The Hall–Kier alpha value is -4.13. The van der Waals surface area contributed by atoms with Gasteiger partial charge in [0.2, 0.25) is 0 Å². The second kappa shape index (κ2) is 9.97. The van der Waals surface area contributed by atoms with Crippen LogP contribution in [0.5, 0.6) is 0 Å². The first kappa shape index (κ1) is 26.9. The molecule has 2 aliphatic rings. The van der Waals surface area contributed by atoms with Gasteiger partial charge in [-0.05, 0) is 45.4 Å². The number of ether oxygens (including phenoxy) is 4. The van der Waals surface area contributed by atoms with Gasteiger partial charge in [0.05, 0.1) is 48.6 Å². The van der Waals surface area contributed by atoms with Crippen molar-refractivity contribution in [3.63, 3.8) is 0 Å². The molecule has 38 heavy (non-hydrogen) atoms. The average molecular weight is 518 g/mol. The summed E-state index contributed by atoms with van der Waals surface area (Å²) >= 11 is 0. The topological polar surface area (TPSA) is 124 Å². The molecule has 0 bridgehead atoms. The fraction of sp³-hybridized carbons (Fsp3) is 0.345. The number of esters is 2. The lowest BCUT2D eigenvalue weighted by atomic mass is 9.81. The van der Waals surface area contributed by atoms with Gasteiger partial charge in [-0.15, -0.1) is 0 Å². The third kappa shape index (κ3) is 4.42. The predicted octanol–water partition coefficient (Wildman–Crippen LogP) is 4.19. The van der Waals surface area contributed by atoms with E-state index in [2.05, 4.69) is 6.07 Å². The minimum atomic E-state index is -0.940. The van der Waals surface area contributed by atoms with Crippen molar-refractivity contribution in [3.05, 3.63) is 88.4 Å². The Morgan fingerprint density at radius 1 is 0.921 bits per heavy atom. The number of allylic oxidation sites excluding steroid dienone is 1. The van der Waals surface area contributed by atoms with Crippen LogP contribution < -0.4 is 10.6 Å². The van der Waals surface area contributed by atoms with E-state index in [1.54, 1.807) is 42.5 Å². The van der Waals surface area contributed by atoms with Crippen LogP contribution in [0.25, 0.3) is 0 Å². The van der Waals surface area contributed by atoms with Crippen LogP contribution in [0.2, 0.25) is 0 Å². The summed E-state index contributed by atoms with van der Waals surface area (Å²) in [4.78, 5) is 27.8. The lowest BCUT2D eigenvalue weighted by Crippen LogP contribution is -2.41. The number of nitrogens with zero attached hydrogens (tertiary/aromatic N) is 2. The molecule has 2 aromatic carbocycles. The second-order valence-corrected chi connectivity index (χ2v) is 10.0. The van der Waals surface area contributed by atoms with Gasteiger partial charge < -0.3 is 24.7 Å². The third-order valence-electron chi connectivity index (χ3n) is 7.26. The Morgan fingerprint density at radius 3 is 2.05 bits per heavy atom. The van der Waals surface area contributed by atoms with Crippen molar-refractivity contribution in [1.82, 2.24) is 0 Å². The highest BCUT2D eigenvalue weighted by atomic mass is 16.7. The Bertz CT molecular complexity index is 1350. The van der Waals surface area contributed by atoms with Crippen molar-refractivity contribution in [3.8, 4) is 6.07 Å². The summed E-state index contributed by atoms with van der Waals surface area (Å²) in [5.41, 5.74) is 7.03. The molecule has 9 heteroatoms. The summed E-state index contributed by atoms with van der Waals surface area (Å²) in [6, 6.07) is 18.0. The summed E-state index contributed by atoms with van der Waals surface area (Å²) in [6.45, 7) is 7.80. The van der Waals surface area contributed by atoms with Crippen molar-refractivity contribution in [2.24, 2.45) is 5.73 Å². The molecule has 9 nitrogen and oxygen atoms in total. The van der Waals surface area contributed by atoms with Crippen LogP contribution in [0, 0.1) is 11.3 Å². The van der Waals surface area contributed by atoms with Gasteiger partial charge in [0.1, 0.15) is 11.5 Å². The molecule has 0 amide bonds. The number of anilines is 1. The van der Waals surface area contributed by atoms with E-state index in [1.807, 2.05) is 39.8 Å². The van der Waals surface area contributed by atoms with Gasteiger partial charge in [-0.25, -0.2) is 9.59 Å². The Labute approximate surface area is 222 Å². The van der Waals surface area contributed by atoms with E-state index in [4.69, 9.17) is 24.7 Å². The molecule has 2 aliphatic heterocycles. The van der Waals surface area contributed by atoms with E-state index in [9.17, 15) is 14.9 Å². The largest absolute Gasteiger partial charge is 0.466 e. The Kier molecular flexibility index (Phi) is 7.06. The van der Waals surface area contributed by atoms with Crippen LogP contribution in [0.3, 0.4) is 0 Å². The maximum Gasteiger partial charge on any atom is 0.355 e. The first-order chi connectivity index (χ1) is 18.0. The van der Waals surface area contributed by atoms with Crippen molar-refractivity contribution in [2.75, 3.05) is 19.1 Å². The molecule has 0 aliphatic carbocycles. The van der Waals surface area contributed by atoms with Gasteiger partial charge >= 0.3 is 11.9 Å². The molecule has 0 spiro atoms. The van der Waals surface area contributed by atoms with E-state index >= 15 is 0 Å². The molecule has 1 saturated heterocycles. The van der Waals surface area contributed by atoms with E-state index < -0.39 is 35.3 Å². The zero-order chi connectivity index (χ0) is 27.8. The van der Waals surface area contributed by atoms with Crippen molar-refractivity contribution in [1.29, 1.82) is 5.26 Å². The van der Waals surface area contributed by atoms with Crippen molar-refractivity contribution in [2.45, 2.75) is 51.1 Å². The van der Waals surface area contributed by atoms with Crippen LogP contribution in [0.1, 0.15) is 51.0 Å². The van der Waals surface area contributed by atoms with Gasteiger partial charge in [-0.3, -0.25) is 4.90 Å². The number of hydrogen-bond donors (Lipinski definition) is 1. The number of hydrogen-bond acceptors (Lipinski definition) is 9. The third-order valence-corrected chi connectivity index (χ3v) is 7.26. The molecule has 1 unspecified atom stereocenters. The summed E-state index contributed by atoms with van der Waals surface area (Å²) < 4.78 is 22.6. The number of methoxy groups -OCH3 is 2. The highest BCUT2D eigenvalue weighted by Gasteiger charge is 2.50. The first-order valence-corrected chi connectivity index (χ1v) is 12.1. The summed E-state index contributed by atoms with van der Waals surface area (Å²) in [5, 5.41) is 10.2. The molecule has 1 fully saturated rings. The van der Waals surface area contributed by atoms with E-state index in [0.717, 1.165) is 0 Å². The molecule has 0 radical (unpaired) electrons. The van der Waals surface area contributed by atoms with Gasteiger partial charge in [0.25, 0.3) is 0 Å². The van der Waals surface area contributed by atoms with Crippen molar-refractivity contribution < 1.29 is 28.5 Å². The SMILES string of the molecule is COC(=O)C1=C(C(=O)OC)N(c2cccc(C3OC(C)(C)C(C)(C)O3)c2)C(N)=C(C#N)C1c1ccccc1. The standard InChI is InChI=1S/C29H31N3O6/c1-28(2)29(3,4)38-27(37-28)18-13-10-14-19(15-18)32-23(26(34)36-6)22(25(33)35-5)21(20(16-30)24(32)31)17-11-8-7-9-12-17/h7-15,21,27H,31H2,1-6H3. The van der Waals surface area contributed by atoms with Gasteiger partial charge in [0, 0.05) is 11.3 Å². The summed E-state index contributed by atoms with van der Waals surface area (Å²) in [6.07, 6.45) is -0.687. The zero-order valence-electron chi connectivity index (χ0n) is 22.3. The molecule has 4 rings (SSSR count). The monoisotopic (exact) mass is 517 g/mol. The van der Waals surface area contributed by atoms with Gasteiger partial charge in [-0.2, -0.15) is 5.26 Å². The number of benzene rings is 2. The van der Waals surface area contributed by atoms with Crippen LogP contribution >= 0.6 is 0 Å². The molecule has 2 aromatic rings. The molecule has 1 atom stereocenters. The minimum absolute atomic E-state index is 0.0134. The average Bonchev–Trinajstić information content (AvgIpc) is 3.13. The molecule has 0 aromatic heterocycles. The van der Waals surface area contributed by atoms with E-state index in [0.29, 0.717) is 16.8 Å². The number of carbonyl (C=O) groups is 2. The molecule has 0 saturated carbocycles. The van der Waals surface area contributed by atoms with Crippen molar-refractivity contribution >= 4 is 17.6 Å². The maximum absolute atomic E-state index is 13.3. The first-order valence-electron chi connectivity index (χ1n) is 12.1. The normalized spacial score (nSPS) is 20.8. The zero-order valence-corrected chi connectivity index (χ0v) is 22.3.